The minimum atomic E-state index is -0.831. The predicted octanol–water partition coefficient (Wildman–Crippen LogP) is 6.58. The van der Waals surface area contributed by atoms with Crippen molar-refractivity contribution in [1.82, 2.24) is 0 Å². The van der Waals surface area contributed by atoms with E-state index in [2.05, 4.69) is 34.6 Å². The van der Waals surface area contributed by atoms with Crippen LogP contribution in [0.5, 0.6) is 0 Å². The predicted molar refractivity (Wildman–Crippen MR) is 121 cm³/mol. The van der Waals surface area contributed by atoms with Crippen LogP contribution in [0, 0.1) is 46.3 Å². The highest BCUT2D eigenvalue weighted by Crippen LogP contribution is 2.69. The van der Waals surface area contributed by atoms with Crippen molar-refractivity contribution in [3.63, 3.8) is 0 Å². The normalized spacial score (nSPS) is 50.7. The first-order chi connectivity index (χ1) is 13.6. The molecule has 2 N–H and O–H groups in total. The minimum Gasteiger partial charge on any atom is -0.390 e. The number of aliphatic hydroxyl groups excluding tert-OH is 1. The summed E-state index contributed by atoms with van der Waals surface area (Å²) in [5, 5.41) is 22.8. The lowest BCUT2D eigenvalue weighted by Crippen LogP contribution is -2.67. The van der Waals surface area contributed by atoms with Gasteiger partial charge in [0.15, 0.2) is 0 Å². The van der Waals surface area contributed by atoms with Gasteiger partial charge >= 0.3 is 0 Å². The fourth-order valence-electron chi connectivity index (χ4n) is 9.33. The summed E-state index contributed by atoms with van der Waals surface area (Å²) in [5.74, 6) is 4.51. The molecule has 2 nitrogen and oxygen atoms in total. The van der Waals surface area contributed by atoms with Crippen LogP contribution in [0.25, 0.3) is 0 Å². The zero-order chi connectivity index (χ0) is 21.0. The molecule has 4 saturated carbocycles. The fraction of sp³-hybridized carbons (Fsp3) is 1.00. The summed E-state index contributed by atoms with van der Waals surface area (Å²) in [4.78, 5) is 0. The van der Waals surface area contributed by atoms with Gasteiger partial charge in [0.1, 0.15) is 0 Å². The maximum atomic E-state index is 11.6. The van der Waals surface area contributed by atoms with Gasteiger partial charge in [-0.3, -0.25) is 0 Å². The largest absolute Gasteiger partial charge is 0.390 e. The molecule has 168 valence electrons. The third-order valence-electron chi connectivity index (χ3n) is 11.0. The summed E-state index contributed by atoms with van der Waals surface area (Å²) < 4.78 is 0. The van der Waals surface area contributed by atoms with E-state index >= 15 is 0 Å². The van der Waals surface area contributed by atoms with Crippen LogP contribution in [-0.2, 0) is 0 Å². The molecule has 0 aromatic heterocycles. The third-order valence-corrected chi connectivity index (χ3v) is 11.0. The molecule has 0 aliphatic heterocycles. The van der Waals surface area contributed by atoms with E-state index in [4.69, 9.17) is 0 Å². The molecule has 29 heavy (non-hydrogen) atoms. The molecule has 0 aromatic carbocycles. The Labute approximate surface area is 180 Å². The Kier molecular flexibility index (Phi) is 5.95. The molecule has 0 aromatic rings. The van der Waals surface area contributed by atoms with E-state index in [1.165, 1.54) is 51.4 Å². The Morgan fingerprint density at radius 1 is 0.897 bits per heavy atom. The van der Waals surface area contributed by atoms with Crippen molar-refractivity contribution in [3.8, 4) is 0 Å². The lowest BCUT2D eigenvalue weighted by molar-refractivity contribution is -0.253. The van der Waals surface area contributed by atoms with E-state index in [9.17, 15) is 10.2 Å². The van der Waals surface area contributed by atoms with Crippen LogP contribution in [0.2, 0.25) is 0 Å². The number of rotatable bonds is 5. The number of fused-ring (bicyclic) bond motifs is 5. The highest BCUT2D eigenvalue weighted by atomic mass is 16.3. The molecule has 2 heteroatoms. The molecule has 0 spiro atoms. The van der Waals surface area contributed by atoms with Crippen molar-refractivity contribution >= 4 is 0 Å². The van der Waals surface area contributed by atoms with E-state index in [1.54, 1.807) is 0 Å². The molecule has 9 atom stereocenters. The molecule has 0 radical (unpaired) electrons. The van der Waals surface area contributed by atoms with Crippen molar-refractivity contribution in [2.24, 2.45) is 46.3 Å². The van der Waals surface area contributed by atoms with Crippen LogP contribution >= 0.6 is 0 Å². The van der Waals surface area contributed by atoms with Crippen molar-refractivity contribution in [2.45, 2.75) is 123 Å². The van der Waals surface area contributed by atoms with Gasteiger partial charge in [-0.1, -0.05) is 66.7 Å². The Bertz CT molecular complexity index is 587. The summed E-state index contributed by atoms with van der Waals surface area (Å²) in [7, 11) is 0. The van der Waals surface area contributed by atoms with Crippen molar-refractivity contribution in [3.05, 3.63) is 0 Å². The molecular formula is C27H48O2. The zero-order valence-electron chi connectivity index (χ0n) is 19.9. The summed E-state index contributed by atoms with van der Waals surface area (Å²) in [5.41, 5.74) is -0.448. The van der Waals surface area contributed by atoms with Crippen molar-refractivity contribution in [2.75, 3.05) is 0 Å². The SMILES string of the molecule is CC(C)CCC[C@@H](C)[C@@H]1CC[C@@H]2[C@@H]3C[C@H](O)[C@]4(O)CCCC[C@]4(C)[C@H]3CC[C@@]21C. The van der Waals surface area contributed by atoms with Gasteiger partial charge in [-0.2, -0.15) is 0 Å². The second kappa shape index (κ2) is 7.80. The molecule has 4 aliphatic rings. The van der Waals surface area contributed by atoms with Crippen LogP contribution in [0.4, 0.5) is 0 Å². The van der Waals surface area contributed by atoms with Gasteiger partial charge in [-0.25, -0.2) is 0 Å². The van der Waals surface area contributed by atoms with Gasteiger partial charge in [-0.15, -0.1) is 0 Å². The van der Waals surface area contributed by atoms with E-state index in [0.29, 0.717) is 17.3 Å². The lowest BCUT2D eigenvalue weighted by Gasteiger charge is -2.65. The molecule has 0 bridgehead atoms. The zero-order valence-corrected chi connectivity index (χ0v) is 19.9. The Hall–Kier alpha value is -0.0800. The van der Waals surface area contributed by atoms with Crippen LogP contribution < -0.4 is 0 Å². The average molecular weight is 405 g/mol. The molecule has 4 aliphatic carbocycles. The maximum absolute atomic E-state index is 11.6. The number of hydrogen-bond acceptors (Lipinski definition) is 2. The topological polar surface area (TPSA) is 40.5 Å². The summed E-state index contributed by atoms with van der Waals surface area (Å²) in [6.07, 6.45) is 14.1. The monoisotopic (exact) mass is 404 g/mol. The Morgan fingerprint density at radius 3 is 2.34 bits per heavy atom. The summed E-state index contributed by atoms with van der Waals surface area (Å²) in [6.45, 7) is 12.2. The van der Waals surface area contributed by atoms with Gasteiger partial charge in [0.25, 0.3) is 0 Å². The molecule has 0 amide bonds. The molecule has 0 unspecified atom stereocenters. The standard InChI is InChI=1S/C27H48O2/c1-18(2)9-8-10-19(3)21-11-12-22-20-17-24(28)27(29)15-7-6-14-26(27,5)23(20)13-16-25(21,22)4/h18-24,28-29H,6-17H2,1-5H3/t19-,20+,21+,22-,23+,24+,25-,26-,27-/m1/s1. The first-order valence-corrected chi connectivity index (χ1v) is 13.0. The highest BCUT2D eigenvalue weighted by molar-refractivity contribution is 5.16. The molecule has 0 heterocycles. The van der Waals surface area contributed by atoms with Gasteiger partial charge in [0, 0.05) is 5.41 Å². The first-order valence-electron chi connectivity index (χ1n) is 13.0. The van der Waals surface area contributed by atoms with Crippen molar-refractivity contribution in [1.29, 1.82) is 0 Å². The van der Waals surface area contributed by atoms with Gasteiger partial charge in [0.2, 0.25) is 0 Å². The van der Waals surface area contributed by atoms with Crippen LogP contribution in [-0.4, -0.2) is 21.9 Å². The fourth-order valence-corrected chi connectivity index (χ4v) is 9.33. The molecule has 0 saturated heterocycles. The smallest absolute Gasteiger partial charge is 0.0961 e. The molecular weight excluding hydrogens is 356 g/mol. The quantitative estimate of drug-likeness (QED) is 0.543. The van der Waals surface area contributed by atoms with Crippen molar-refractivity contribution < 1.29 is 10.2 Å². The van der Waals surface area contributed by atoms with Crippen LogP contribution in [0.3, 0.4) is 0 Å². The van der Waals surface area contributed by atoms with Gasteiger partial charge in [-0.05, 0) is 85.9 Å². The van der Waals surface area contributed by atoms with E-state index < -0.39 is 11.7 Å². The lowest BCUT2D eigenvalue weighted by atomic mass is 9.42. The number of aliphatic hydroxyl groups is 2. The van der Waals surface area contributed by atoms with Crippen LogP contribution in [0.1, 0.15) is 112 Å². The third kappa shape index (κ3) is 3.34. The van der Waals surface area contributed by atoms with E-state index in [-0.39, 0.29) is 5.41 Å². The highest BCUT2D eigenvalue weighted by Gasteiger charge is 2.66. The Morgan fingerprint density at radius 2 is 1.62 bits per heavy atom. The van der Waals surface area contributed by atoms with Gasteiger partial charge < -0.3 is 10.2 Å². The first kappa shape index (κ1) is 22.1. The second-order valence-corrected chi connectivity index (χ2v) is 12.7. The van der Waals surface area contributed by atoms with Crippen LogP contribution in [0.15, 0.2) is 0 Å². The summed E-state index contributed by atoms with van der Waals surface area (Å²) >= 11 is 0. The average Bonchev–Trinajstić information content (AvgIpc) is 3.01. The number of hydrogen-bond donors (Lipinski definition) is 2. The molecule has 4 fully saturated rings. The van der Waals surface area contributed by atoms with Gasteiger partial charge in [0.05, 0.1) is 11.7 Å². The van der Waals surface area contributed by atoms with E-state index in [1.807, 2.05) is 0 Å². The van der Waals surface area contributed by atoms with E-state index in [0.717, 1.165) is 49.4 Å². The Balaban J connectivity index is 1.53. The summed E-state index contributed by atoms with van der Waals surface area (Å²) in [6, 6.07) is 0. The molecule has 4 rings (SSSR count). The second-order valence-electron chi connectivity index (χ2n) is 12.7. The maximum Gasteiger partial charge on any atom is 0.0961 e. The minimum absolute atomic E-state index is 0.0735.